The predicted octanol–water partition coefficient (Wildman–Crippen LogP) is 4.00. The highest BCUT2D eigenvalue weighted by Gasteiger charge is 2.24. The van der Waals surface area contributed by atoms with Crippen LogP contribution in [0.25, 0.3) is 0 Å². The zero-order valence-electron chi connectivity index (χ0n) is 12.7. The van der Waals surface area contributed by atoms with E-state index in [0.29, 0.717) is 0 Å². The highest BCUT2D eigenvalue weighted by atomic mass is 16.5. The van der Waals surface area contributed by atoms with Crippen LogP contribution in [0.15, 0.2) is 0 Å². The molecule has 1 saturated heterocycles. The summed E-state index contributed by atoms with van der Waals surface area (Å²) in [5.74, 6) is 1.77. The van der Waals surface area contributed by atoms with Gasteiger partial charge in [-0.2, -0.15) is 0 Å². The number of hydrogen-bond acceptors (Lipinski definition) is 2. The molecule has 2 nitrogen and oxygen atoms in total. The third kappa shape index (κ3) is 5.71. The maximum Gasteiger partial charge on any atom is 0.0468 e. The molecule has 0 aromatic heterocycles. The van der Waals surface area contributed by atoms with Gasteiger partial charge in [0.2, 0.25) is 0 Å². The van der Waals surface area contributed by atoms with Gasteiger partial charge in [0, 0.05) is 19.3 Å². The fraction of sp³-hybridized carbons (Fsp3) is 1.00. The van der Waals surface area contributed by atoms with Crippen LogP contribution in [0.1, 0.15) is 65.7 Å². The Morgan fingerprint density at radius 1 is 1.06 bits per heavy atom. The normalized spacial score (nSPS) is 19.3. The highest BCUT2D eigenvalue weighted by molar-refractivity contribution is 4.80. The van der Waals surface area contributed by atoms with Crippen LogP contribution in [0.5, 0.6) is 0 Å². The van der Waals surface area contributed by atoms with Crippen molar-refractivity contribution >= 4 is 0 Å². The number of hydrogen-bond donors (Lipinski definition) is 1. The molecule has 0 saturated carbocycles. The molecule has 1 aliphatic rings. The first-order chi connectivity index (χ1) is 8.81. The van der Waals surface area contributed by atoms with Crippen LogP contribution in [0, 0.1) is 11.8 Å². The van der Waals surface area contributed by atoms with E-state index in [0.717, 1.165) is 37.6 Å². The number of nitrogens with one attached hydrogen (secondary N) is 1. The Morgan fingerprint density at radius 3 is 2.17 bits per heavy atom. The third-order valence-corrected chi connectivity index (χ3v) is 4.28. The fourth-order valence-corrected chi connectivity index (χ4v) is 3.33. The standard InChI is InChI=1S/C16H33NO/c1-4-7-15(8-5-2)16(17-6-3)13-14-9-11-18-12-10-14/h14-17H,4-13H2,1-3H3. The van der Waals surface area contributed by atoms with Gasteiger partial charge in [-0.3, -0.25) is 0 Å². The van der Waals surface area contributed by atoms with Crippen molar-refractivity contribution in [3.05, 3.63) is 0 Å². The largest absolute Gasteiger partial charge is 0.381 e. The molecule has 0 aromatic carbocycles. The summed E-state index contributed by atoms with van der Waals surface area (Å²) in [6, 6.07) is 0.734. The minimum atomic E-state index is 0.734. The summed E-state index contributed by atoms with van der Waals surface area (Å²) in [6.45, 7) is 9.95. The summed E-state index contributed by atoms with van der Waals surface area (Å²) in [7, 11) is 0. The smallest absolute Gasteiger partial charge is 0.0468 e. The lowest BCUT2D eigenvalue weighted by atomic mass is 9.82. The first-order valence-corrected chi connectivity index (χ1v) is 8.12. The summed E-state index contributed by atoms with van der Waals surface area (Å²) >= 11 is 0. The van der Waals surface area contributed by atoms with Gasteiger partial charge in [0.05, 0.1) is 0 Å². The van der Waals surface area contributed by atoms with Gasteiger partial charge in [0.1, 0.15) is 0 Å². The molecule has 1 N–H and O–H groups in total. The van der Waals surface area contributed by atoms with Crippen LogP contribution in [-0.4, -0.2) is 25.8 Å². The second kappa shape index (κ2) is 9.80. The van der Waals surface area contributed by atoms with Crippen molar-refractivity contribution in [3.8, 4) is 0 Å². The van der Waals surface area contributed by atoms with Crippen LogP contribution in [0.3, 0.4) is 0 Å². The lowest BCUT2D eigenvalue weighted by molar-refractivity contribution is 0.0572. The quantitative estimate of drug-likeness (QED) is 0.672. The second-order valence-electron chi connectivity index (χ2n) is 5.79. The predicted molar refractivity (Wildman–Crippen MR) is 78.9 cm³/mol. The van der Waals surface area contributed by atoms with Gasteiger partial charge in [-0.05, 0) is 50.5 Å². The van der Waals surface area contributed by atoms with E-state index in [1.54, 1.807) is 0 Å². The first-order valence-electron chi connectivity index (χ1n) is 8.12. The van der Waals surface area contributed by atoms with Crippen LogP contribution >= 0.6 is 0 Å². The van der Waals surface area contributed by atoms with Crippen LogP contribution in [0.4, 0.5) is 0 Å². The molecule has 1 heterocycles. The Morgan fingerprint density at radius 2 is 1.67 bits per heavy atom. The van der Waals surface area contributed by atoms with Crippen LogP contribution in [-0.2, 0) is 4.74 Å². The molecular formula is C16H33NO. The SMILES string of the molecule is CCCC(CCC)C(CC1CCOCC1)NCC. The summed E-state index contributed by atoms with van der Waals surface area (Å²) in [6.07, 6.45) is 9.31. The van der Waals surface area contributed by atoms with Crippen molar-refractivity contribution < 1.29 is 4.74 Å². The molecule has 1 aliphatic heterocycles. The van der Waals surface area contributed by atoms with E-state index in [-0.39, 0.29) is 0 Å². The van der Waals surface area contributed by atoms with Gasteiger partial charge in [-0.25, -0.2) is 0 Å². The molecule has 0 aromatic rings. The lowest BCUT2D eigenvalue weighted by Gasteiger charge is -2.32. The van der Waals surface area contributed by atoms with E-state index in [2.05, 4.69) is 26.1 Å². The first kappa shape index (κ1) is 16.0. The Bertz CT molecular complexity index is 184. The summed E-state index contributed by atoms with van der Waals surface area (Å²) in [4.78, 5) is 0. The molecule has 2 heteroatoms. The zero-order valence-corrected chi connectivity index (χ0v) is 12.7. The van der Waals surface area contributed by atoms with Crippen molar-refractivity contribution in [1.29, 1.82) is 0 Å². The zero-order chi connectivity index (χ0) is 13.2. The maximum atomic E-state index is 5.48. The average molecular weight is 255 g/mol. The lowest BCUT2D eigenvalue weighted by Crippen LogP contribution is -2.38. The minimum Gasteiger partial charge on any atom is -0.381 e. The van der Waals surface area contributed by atoms with E-state index < -0.39 is 0 Å². The van der Waals surface area contributed by atoms with E-state index in [9.17, 15) is 0 Å². The Hall–Kier alpha value is -0.0800. The highest BCUT2D eigenvalue weighted by Crippen LogP contribution is 2.27. The van der Waals surface area contributed by atoms with E-state index in [1.807, 2.05) is 0 Å². The summed E-state index contributed by atoms with van der Waals surface area (Å²) < 4.78 is 5.48. The van der Waals surface area contributed by atoms with Crippen molar-refractivity contribution in [2.45, 2.75) is 71.8 Å². The van der Waals surface area contributed by atoms with Gasteiger partial charge in [-0.15, -0.1) is 0 Å². The minimum absolute atomic E-state index is 0.734. The van der Waals surface area contributed by atoms with Gasteiger partial charge in [0.15, 0.2) is 0 Å². The average Bonchev–Trinajstić information content (AvgIpc) is 2.39. The molecule has 0 radical (unpaired) electrons. The van der Waals surface area contributed by atoms with E-state index in [1.165, 1.54) is 44.9 Å². The topological polar surface area (TPSA) is 21.3 Å². The fourth-order valence-electron chi connectivity index (χ4n) is 3.33. The number of ether oxygens (including phenoxy) is 1. The third-order valence-electron chi connectivity index (χ3n) is 4.28. The Labute approximate surface area is 114 Å². The van der Waals surface area contributed by atoms with Gasteiger partial charge in [-0.1, -0.05) is 33.6 Å². The van der Waals surface area contributed by atoms with Gasteiger partial charge < -0.3 is 10.1 Å². The molecular weight excluding hydrogens is 222 g/mol. The van der Waals surface area contributed by atoms with Crippen LogP contribution < -0.4 is 5.32 Å². The molecule has 0 spiro atoms. The number of rotatable bonds is 9. The maximum absolute atomic E-state index is 5.48. The second-order valence-corrected chi connectivity index (χ2v) is 5.79. The monoisotopic (exact) mass is 255 g/mol. The van der Waals surface area contributed by atoms with E-state index >= 15 is 0 Å². The molecule has 1 fully saturated rings. The molecule has 0 amide bonds. The van der Waals surface area contributed by atoms with Gasteiger partial charge >= 0.3 is 0 Å². The molecule has 1 unspecified atom stereocenters. The van der Waals surface area contributed by atoms with Crippen LogP contribution in [0.2, 0.25) is 0 Å². The van der Waals surface area contributed by atoms with E-state index in [4.69, 9.17) is 4.74 Å². The molecule has 0 bridgehead atoms. The molecule has 1 rings (SSSR count). The molecule has 18 heavy (non-hydrogen) atoms. The van der Waals surface area contributed by atoms with Crippen molar-refractivity contribution in [2.75, 3.05) is 19.8 Å². The summed E-state index contributed by atoms with van der Waals surface area (Å²) in [5, 5.41) is 3.76. The van der Waals surface area contributed by atoms with Crippen molar-refractivity contribution in [3.63, 3.8) is 0 Å². The molecule has 0 aliphatic carbocycles. The Kier molecular flexibility index (Phi) is 8.70. The summed E-state index contributed by atoms with van der Waals surface area (Å²) in [5.41, 5.74) is 0. The van der Waals surface area contributed by atoms with Crippen molar-refractivity contribution in [1.82, 2.24) is 5.32 Å². The van der Waals surface area contributed by atoms with Crippen molar-refractivity contribution in [2.24, 2.45) is 11.8 Å². The van der Waals surface area contributed by atoms with Gasteiger partial charge in [0.25, 0.3) is 0 Å². The molecule has 108 valence electrons. The molecule has 1 atom stereocenters. The Balaban J connectivity index is 2.48.